The minimum atomic E-state index is -0.475. The first-order chi connectivity index (χ1) is 8.02. The Balaban J connectivity index is 2.15. The summed E-state index contributed by atoms with van der Waals surface area (Å²) in [5.74, 6) is 0.722. The molecule has 0 radical (unpaired) electrons. The third-order valence-electron chi connectivity index (χ3n) is 2.52. The van der Waals surface area contributed by atoms with E-state index in [0.717, 1.165) is 12.3 Å². The molecule has 0 aromatic heterocycles. The Morgan fingerprint density at radius 1 is 1.35 bits per heavy atom. The molecule has 0 heterocycles. The van der Waals surface area contributed by atoms with Gasteiger partial charge in [0.15, 0.2) is 0 Å². The van der Waals surface area contributed by atoms with Crippen LogP contribution in [0.4, 0.5) is 0 Å². The molecular weight excluding hydrogens is 232 g/mol. The first-order valence-electron chi connectivity index (χ1n) is 5.71. The molecule has 0 saturated carbocycles. The summed E-state index contributed by atoms with van der Waals surface area (Å²) in [6.07, 6.45) is 0. The molecule has 1 aromatic rings. The molecule has 0 aliphatic rings. The summed E-state index contributed by atoms with van der Waals surface area (Å²) >= 11 is 1.80. The molecule has 0 saturated heterocycles. The van der Waals surface area contributed by atoms with E-state index in [9.17, 15) is 4.79 Å². The van der Waals surface area contributed by atoms with E-state index in [1.807, 2.05) is 32.0 Å². The van der Waals surface area contributed by atoms with E-state index in [0.29, 0.717) is 6.54 Å². The van der Waals surface area contributed by atoms with Crippen LogP contribution in [0.3, 0.4) is 0 Å². The third-order valence-corrected chi connectivity index (χ3v) is 3.54. The average molecular weight is 252 g/mol. The summed E-state index contributed by atoms with van der Waals surface area (Å²) in [5.41, 5.74) is 4.82. The van der Waals surface area contributed by atoms with Crippen molar-refractivity contribution in [2.75, 3.05) is 18.8 Å². The zero-order valence-electron chi connectivity index (χ0n) is 10.4. The molecule has 0 atom stereocenters. The first-order valence-corrected chi connectivity index (χ1v) is 6.69. The number of carbonyl (C=O) groups is 1. The Morgan fingerprint density at radius 3 is 2.59 bits per heavy atom. The third kappa shape index (κ3) is 5.24. The van der Waals surface area contributed by atoms with Gasteiger partial charge in [-0.2, -0.15) is 0 Å². The maximum Gasteiger partial charge on any atom is 0.224 e. The summed E-state index contributed by atoms with van der Waals surface area (Å²) in [5, 5.41) is 3.26. The van der Waals surface area contributed by atoms with Gasteiger partial charge < -0.3 is 11.1 Å². The van der Waals surface area contributed by atoms with Gasteiger partial charge in [0.25, 0.3) is 0 Å². The lowest BCUT2D eigenvalue weighted by Gasteiger charge is -2.20. The molecule has 0 aliphatic carbocycles. The number of hydrogen-bond acceptors (Lipinski definition) is 3. The highest BCUT2D eigenvalue weighted by molar-refractivity contribution is 7.99. The number of carbonyl (C=O) groups excluding carboxylic acids is 1. The molecule has 1 aromatic carbocycles. The van der Waals surface area contributed by atoms with E-state index in [1.165, 1.54) is 4.90 Å². The van der Waals surface area contributed by atoms with Gasteiger partial charge in [0.05, 0.1) is 5.41 Å². The topological polar surface area (TPSA) is 55.1 Å². The minimum Gasteiger partial charge on any atom is -0.369 e. The lowest BCUT2D eigenvalue weighted by Crippen LogP contribution is -2.40. The van der Waals surface area contributed by atoms with Crippen molar-refractivity contribution in [3.8, 4) is 0 Å². The number of rotatable bonds is 7. The number of nitrogens with one attached hydrogen (secondary N) is 1. The van der Waals surface area contributed by atoms with Gasteiger partial charge in [-0.3, -0.25) is 4.79 Å². The molecule has 3 N–H and O–H groups in total. The SMILES string of the molecule is CC(C)(CNCCSc1ccccc1)C(N)=O. The number of nitrogens with two attached hydrogens (primary N) is 1. The van der Waals surface area contributed by atoms with Crippen LogP contribution in [0.1, 0.15) is 13.8 Å². The molecule has 1 amide bonds. The lowest BCUT2D eigenvalue weighted by atomic mass is 9.93. The number of primary amides is 1. The number of thioether (sulfide) groups is 1. The van der Waals surface area contributed by atoms with E-state index in [2.05, 4.69) is 17.4 Å². The van der Waals surface area contributed by atoms with Gasteiger partial charge in [0, 0.05) is 23.7 Å². The summed E-state index contributed by atoms with van der Waals surface area (Å²) in [7, 11) is 0. The van der Waals surface area contributed by atoms with Crippen LogP contribution in [0, 0.1) is 5.41 Å². The minimum absolute atomic E-state index is 0.263. The predicted octanol–water partition coefficient (Wildman–Crippen LogP) is 1.88. The highest BCUT2D eigenvalue weighted by atomic mass is 32.2. The zero-order chi connectivity index (χ0) is 12.7. The highest BCUT2D eigenvalue weighted by Gasteiger charge is 2.23. The lowest BCUT2D eigenvalue weighted by molar-refractivity contribution is -0.125. The molecule has 1 rings (SSSR count). The molecule has 3 nitrogen and oxygen atoms in total. The van der Waals surface area contributed by atoms with E-state index >= 15 is 0 Å². The molecule has 0 spiro atoms. The quantitative estimate of drug-likeness (QED) is 0.575. The van der Waals surface area contributed by atoms with Crippen LogP contribution in [0.15, 0.2) is 35.2 Å². The number of hydrogen-bond donors (Lipinski definition) is 2. The van der Waals surface area contributed by atoms with Gasteiger partial charge in [0.2, 0.25) is 5.91 Å². The Morgan fingerprint density at radius 2 is 2.00 bits per heavy atom. The van der Waals surface area contributed by atoms with Crippen molar-refractivity contribution in [1.29, 1.82) is 0 Å². The van der Waals surface area contributed by atoms with Crippen molar-refractivity contribution < 1.29 is 4.79 Å². The molecule has 0 aliphatic heterocycles. The van der Waals surface area contributed by atoms with Gasteiger partial charge >= 0.3 is 0 Å². The molecular formula is C13H20N2OS. The predicted molar refractivity (Wildman–Crippen MR) is 73.0 cm³/mol. The van der Waals surface area contributed by atoms with Crippen molar-refractivity contribution in [2.45, 2.75) is 18.7 Å². The second kappa shape index (κ2) is 6.67. The molecule has 17 heavy (non-hydrogen) atoms. The molecule has 0 fully saturated rings. The second-order valence-corrected chi connectivity index (χ2v) is 5.75. The number of amides is 1. The van der Waals surface area contributed by atoms with Crippen LogP contribution in [0.5, 0.6) is 0 Å². The summed E-state index contributed by atoms with van der Waals surface area (Å²) < 4.78 is 0. The first kappa shape index (κ1) is 14.1. The normalized spacial score (nSPS) is 11.4. The Bertz CT molecular complexity index is 352. The molecule has 94 valence electrons. The fourth-order valence-electron chi connectivity index (χ4n) is 1.25. The van der Waals surface area contributed by atoms with Crippen molar-refractivity contribution in [3.05, 3.63) is 30.3 Å². The van der Waals surface area contributed by atoms with Crippen LogP contribution >= 0.6 is 11.8 Å². The average Bonchev–Trinajstić information content (AvgIpc) is 2.29. The fourth-order valence-corrected chi connectivity index (χ4v) is 2.08. The van der Waals surface area contributed by atoms with Gasteiger partial charge in [-0.25, -0.2) is 0 Å². The fraction of sp³-hybridized carbons (Fsp3) is 0.462. The van der Waals surface area contributed by atoms with Crippen molar-refractivity contribution in [1.82, 2.24) is 5.32 Å². The largest absolute Gasteiger partial charge is 0.369 e. The van der Waals surface area contributed by atoms with E-state index < -0.39 is 5.41 Å². The van der Waals surface area contributed by atoms with Crippen LogP contribution in [-0.2, 0) is 4.79 Å². The van der Waals surface area contributed by atoms with Crippen LogP contribution in [-0.4, -0.2) is 24.7 Å². The zero-order valence-corrected chi connectivity index (χ0v) is 11.2. The van der Waals surface area contributed by atoms with Gasteiger partial charge in [0.1, 0.15) is 0 Å². The number of benzene rings is 1. The van der Waals surface area contributed by atoms with Gasteiger partial charge in [-0.15, -0.1) is 11.8 Å². The molecule has 0 unspecified atom stereocenters. The molecule has 0 bridgehead atoms. The maximum atomic E-state index is 11.1. The Labute approximate surface area is 107 Å². The highest BCUT2D eigenvalue weighted by Crippen LogP contribution is 2.16. The Hall–Kier alpha value is -1.00. The molecule has 4 heteroatoms. The van der Waals surface area contributed by atoms with Crippen LogP contribution in [0.2, 0.25) is 0 Å². The monoisotopic (exact) mass is 252 g/mol. The summed E-state index contributed by atoms with van der Waals surface area (Å²) in [6.45, 7) is 5.20. The summed E-state index contributed by atoms with van der Waals surface area (Å²) in [4.78, 5) is 12.4. The van der Waals surface area contributed by atoms with E-state index in [-0.39, 0.29) is 5.91 Å². The van der Waals surface area contributed by atoms with Crippen molar-refractivity contribution >= 4 is 17.7 Å². The smallest absolute Gasteiger partial charge is 0.224 e. The maximum absolute atomic E-state index is 11.1. The second-order valence-electron chi connectivity index (χ2n) is 4.59. The van der Waals surface area contributed by atoms with E-state index in [1.54, 1.807) is 11.8 Å². The standard InChI is InChI=1S/C13H20N2OS/c1-13(2,12(14)16)10-15-8-9-17-11-6-4-3-5-7-11/h3-7,15H,8-10H2,1-2H3,(H2,14,16). The van der Waals surface area contributed by atoms with Crippen molar-refractivity contribution in [2.24, 2.45) is 11.1 Å². The van der Waals surface area contributed by atoms with Gasteiger partial charge in [-0.05, 0) is 26.0 Å². The van der Waals surface area contributed by atoms with E-state index in [4.69, 9.17) is 5.73 Å². The van der Waals surface area contributed by atoms with Crippen molar-refractivity contribution in [3.63, 3.8) is 0 Å². The van der Waals surface area contributed by atoms with Crippen LogP contribution < -0.4 is 11.1 Å². The summed E-state index contributed by atoms with van der Waals surface area (Å²) in [6, 6.07) is 10.3. The Kier molecular flexibility index (Phi) is 5.51. The van der Waals surface area contributed by atoms with Gasteiger partial charge in [-0.1, -0.05) is 18.2 Å². The van der Waals surface area contributed by atoms with Crippen LogP contribution in [0.25, 0.3) is 0 Å².